The molecule has 1 saturated heterocycles. The van der Waals surface area contributed by atoms with E-state index in [1.807, 2.05) is 25.1 Å². The number of halogens is 2. The summed E-state index contributed by atoms with van der Waals surface area (Å²) in [6, 6.07) is 11.4. The number of nitrogens with zero attached hydrogens (tertiary/aromatic N) is 2. The smallest absolute Gasteiger partial charge is 0.238 e. The molecule has 28 heavy (non-hydrogen) atoms. The van der Waals surface area contributed by atoms with Crippen LogP contribution in [0.4, 0.5) is 15.8 Å². The lowest BCUT2D eigenvalue weighted by molar-refractivity contribution is -0.117. The summed E-state index contributed by atoms with van der Waals surface area (Å²) < 4.78 is 12.9. The Balaban J connectivity index is 1.46. The maximum atomic E-state index is 12.9. The van der Waals surface area contributed by atoms with Crippen molar-refractivity contribution in [3.8, 4) is 0 Å². The predicted octanol–water partition coefficient (Wildman–Crippen LogP) is 3.74. The van der Waals surface area contributed by atoms with E-state index in [2.05, 4.69) is 20.4 Å². The quantitative estimate of drug-likeness (QED) is 0.738. The van der Waals surface area contributed by atoms with Gasteiger partial charge in [-0.15, -0.1) is 0 Å². The minimum Gasteiger partial charge on any atom is -0.346 e. The third-order valence-electron chi connectivity index (χ3n) is 4.66. The van der Waals surface area contributed by atoms with Crippen LogP contribution in [0.15, 0.2) is 42.5 Å². The molecular weight excluding hydrogens is 399 g/mol. The van der Waals surface area contributed by atoms with Gasteiger partial charge in [-0.05, 0) is 61.1 Å². The summed E-state index contributed by atoms with van der Waals surface area (Å²) in [7, 11) is 0. The number of hydrogen-bond donors (Lipinski definition) is 2. The van der Waals surface area contributed by atoms with E-state index in [4.69, 9.17) is 23.8 Å². The van der Waals surface area contributed by atoms with Gasteiger partial charge in [0.1, 0.15) is 5.82 Å². The molecular formula is C20H22ClFN4OS. The topological polar surface area (TPSA) is 47.6 Å². The SMILES string of the molecule is Cc1c(Cl)cccc1NC(=S)N1CCN(CC(=O)Nc2ccc(F)cc2)CC1. The van der Waals surface area contributed by atoms with Gasteiger partial charge in [0.05, 0.1) is 6.54 Å². The van der Waals surface area contributed by atoms with Crippen LogP contribution >= 0.6 is 23.8 Å². The number of carbonyl (C=O) groups is 1. The Hall–Kier alpha value is -2.22. The molecule has 1 aliphatic heterocycles. The first-order valence-electron chi connectivity index (χ1n) is 9.01. The Morgan fingerprint density at radius 2 is 1.79 bits per heavy atom. The third-order valence-corrected chi connectivity index (χ3v) is 5.43. The van der Waals surface area contributed by atoms with Crippen molar-refractivity contribution in [2.45, 2.75) is 6.92 Å². The first-order chi connectivity index (χ1) is 13.4. The molecule has 0 unspecified atom stereocenters. The van der Waals surface area contributed by atoms with Crippen molar-refractivity contribution in [1.29, 1.82) is 0 Å². The van der Waals surface area contributed by atoms with Gasteiger partial charge in [0.15, 0.2) is 5.11 Å². The van der Waals surface area contributed by atoms with E-state index >= 15 is 0 Å². The molecule has 5 nitrogen and oxygen atoms in total. The van der Waals surface area contributed by atoms with E-state index in [9.17, 15) is 9.18 Å². The molecule has 1 fully saturated rings. The molecule has 0 atom stereocenters. The second-order valence-corrected chi connectivity index (χ2v) is 7.45. The van der Waals surface area contributed by atoms with E-state index in [0.29, 0.717) is 22.4 Å². The summed E-state index contributed by atoms with van der Waals surface area (Å²) in [5, 5.41) is 7.39. The highest BCUT2D eigenvalue weighted by Gasteiger charge is 2.21. The van der Waals surface area contributed by atoms with E-state index in [1.165, 1.54) is 12.1 Å². The van der Waals surface area contributed by atoms with Gasteiger partial charge in [-0.2, -0.15) is 0 Å². The first kappa shape index (κ1) is 20.5. The molecule has 1 aliphatic rings. The van der Waals surface area contributed by atoms with Gasteiger partial charge in [-0.3, -0.25) is 9.69 Å². The lowest BCUT2D eigenvalue weighted by Crippen LogP contribution is -2.51. The Kier molecular flexibility index (Phi) is 6.83. The highest BCUT2D eigenvalue weighted by molar-refractivity contribution is 7.80. The molecule has 2 aromatic carbocycles. The molecule has 0 saturated carbocycles. The fourth-order valence-corrected chi connectivity index (χ4v) is 3.45. The number of rotatable bonds is 4. The maximum Gasteiger partial charge on any atom is 0.238 e. The molecule has 0 bridgehead atoms. The van der Waals surface area contributed by atoms with Crippen molar-refractivity contribution in [1.82, 2.24) is 9.80 Å². The average molecular weight is 421 g/mol. The highest BCUT2D eigenvalue weighted by Crippen LogP contribution is 2.23. The summed E-state index contributed by atoms with van der Waals surface area (Å²) in [4.78, 5) is 16.3. The van der Waals surface area contributed by atoms with Gasteiger partial charge in [0, 0.05) is 42.6 Å². The van der Waals surface area contributed by atoms with Crippen molar-refractivity contribution >= 4 is 46.2 Å². The minimum absolute atomic E-state index is 0.115. The fourth-order valence-electron chi connectivity index (χ4n) is 2.98. The molecule has 2 aromatic rings. The minimum atomic E-state index is -0.327. The molecule has 0 aliphatic carbocycles. The van der Waals surface area contributed by atoms with E-state index in [0.717, 1.165) is 37.4 Å². The van der Waals surface area contributed by atoms with Gasteiger partial charge in [0.2, 0.25) is 5.91 Å². The van der Waals surface area contributed by atoms with Gasteiger partial charge in [-0.1, -0.05) is 17.7 Å². The predicted molar refractivity (Wildman–Crippen MR) is 115 cm³/mol. The number of anilines is 2. The van der Waals surface area contributed by atoms with Crippen LogP contribution < -0.4 is 10.6 Å². The number of hydrogen-bond acceptors (Lipinski definition) is 3. The second kappa shape index (κ2) is 9.32. The van der Waals surface area contributed by atoms with Crippen molar-refractivity contribution in [3.05, 3.63) is 58.9 Å². The van der Waals surface area contributed by atoms with Crippen LogP contribution in [0.1, 0.15) is 5.56 Å². The lowest BCUT2D eigenvalue weighted by atomic mass is 10.2. The molecule has 3 rings (SSSR count). The zero-order chi connectivity index (χ0) is 20.1. The van der Waals surface area contributed by atoms with Crippen LogP contribution in [0.2, 0.25) is 5.02 Å². The molecule has 1 heterocycles. The van der Waals surface area contributed by atoms with E-state index in [-0.39, 0.29) is 11.7 Å². The summed E-state index contributed by atoms with van der Waals surface area (Å²) in [6.45, 7) is 5.16. The zero-order valence-electron chi connectivity index (χ0n) is 15.5. The van der Waals surface area contributed by atoms with Gasteiger partial charge in [0.25, 0.3) is 0 Å². The van der Waals surface area contributed by atoms with Crippen molar-refractivity contribution in [2.75, 3.05) is 43.4 Å². The highest BCUT2D eigenvalue weighted by atomic mass is 35.5. The Labute approximate surface area is 174 Å². The van der Waals surface area contributed by atoms with Crippen LogP contribution in [-0.4, -0.2) is 53.5 Å². The molecule has 8 heteroatoms. The summed E-state index contributed by atoms with van der Waals surface area (Å²) in [6.07, 6.45) is 0. The fraction of sp³-hybridized carbons (Fsp3) is 0.300. The molecule has 0 spiro atoms. The van der Waals surface area contributed by atoms with Crippen LogP contribution in [-0.2, 0) is 4.79 Å². The number of nitrogens with one attached hydrogen (secondary N) is 2. The Morgan fingerprint density at radius 1 is 1.11 bits per heavy atom. The van der Waals surface area contributed by atoms with Crippen molar-refractivity contribution < 1.29 is 9.18 Å². The average Bonchev–Trinajstić information content (AvgIpc) is 2.68. The number of thiocarbonyl (C=S) groups is 1. The number of carbonyl (C=O) groups excluding carboxylic acids is 1. The molecule has 0 aromatic heterocycles. The van der Waals surface area contributed by atoms with Crippen LogP contribution in [0.25, 0.3) is 0 Å². The Morgan fingerprint density at radius 3 is 2.46 bits per heavy atom. The van der Waals surface area contributed by atoms with Crippen LogP contribution in [0.3, 0.4) is 0 Å². The standard InChI is InChI=1S/C20H22ClFN4OS/c1-14-17(21)3-2-4-18(14)24-20(28)26-11-9-25(10-12-26)13-19(27)23-16-7-5-15(22)6-8-16/h2-8H,9-13H2,1H3,(H,23,27)(H,24,28). The normalized spacial score (nSPS) is 14.6. The van der Waals surface area contributed by atoms with Crippen LogP contribution in [0, 0.1) is 12.7 Å². The molecule has 1 amide bonds. The monoisotopic (exact) mass is 420 g/mol. The van der Waals surface area contributed by atoms with E-state index < -0.39 is 0 Å². The molecule has 2 N–H and O–H groups in total. The third kappa shape index (κ3) is 5.41. The zero-order valence-corrected chi connectivity index (χ0v) is 17.1. The first-order valence-corrected chi connectivity index (χ1v) is 9.80. The van der Waals surface area contributed by atoms with Crippen molar-refractivity contribution in [3.63, 3.8) is 0 Å². The number of benzene rings is 2. The van der Waals surface area contributed by atoms with Gasteiger partial charge < -0.3 is 15.5 Å². The van der Waals surface area contributed by atoms with Crippen LogP contribution in [0.5, 0.6) is 0 Å². The largest absolute Gasteiger partial charge is 0.346 e. The molecule has 0 radical (unpaired) electrons. The number of piperazine rings is 1. The Bertz CT molecular complexity index is 854. The summed E-state index contributed by atoms with van der Waals surface area (Å²) in [5.74, 6) is -0.443. The maximum absolute atomic E-state index is 12.9. The number of amides is 1. The summed E-state index contributed by atoms with van der Waals surface area (Å²) >= 11 is 11.7. The summed E-state index contributed by atoms with van der Waals surface area (Å²) in [5.41, 5.74) is 2.45. The van der Waals surface area contributed by atoms with Gasteiger partial charge in [-0.25, -0.2) is 4.39 Å². The van der Waals surface area contributed by atoms with Crippen molar-refractivity contribution in [2.24, 2.45) is 0 Å². The molecule has 148 valence electrons. The lowest BCUT2D eigenvalue weighted by Gasteiger charge is -2.36. The van der Waals surface area contributed by atoms with E-state index in [1.54, 1.807) is 12.1 Å². The van der Waals surface area contributed by atoms with Gasteiger partial charge >= 0.3 is 0 Å². The second-order valence-electron chi connectivity index (χ2n) is 6.66.